The molecule has 3 aromatic rings. The number of aliphatic carboxylic acids is 1. The first-order valence-electron chi connectivity index (χ1n) is 10.7. The zero-order valence-corrected chi connectivity index (χ0v) is 17.5. The van der Waals surface area contributed by atoms with Crippen LogP contribution in [-0.4, -0.2) is 31.6 Å². The summed E-state index contributed by atoms with van der Waals surface area (Å²) in [6.07, 6.45) is 4.39. The van der Waals surface area contributed by atoms with Gasteiger partial charge in [0.2, 0.25) is 5.91 Å². The van der Waals surface area contributed by atoms with Crippen LogP contribution >= 0.6 is 0 Å². The molecule has 2 aromatic carbocycles. The number of rotatable bonds is 6. The maximum atomic E-state index is 12.7. The van der Waals surface area contributed by atoms with Crippen LogP contribution in [0.4, 0.5) is 0 Å². The van der Waals surface area contributed by atoms with Crippen molar-refractivity contribution in [2.75, 3.05) is 0 Å². The zero-order chi connectivity index (χ0) is 22.7. The SMILES string of the molecule is O=C(N[C@@H](C(=O)O)c1ccc(O)cc1)C1CCC(Cn2cnc3ccccc3c2=O)CC1. The monoisotopic (exact) mass is 435 g/mol. The first-order valence-corrected chi connectivity index (χ1v) is 10.7. The lowest BCUT2D eigenvalue weighted by Gasteiger charge is -2.29. The van der Waals surface area contributed by atoms with Crippen LogP contribution in [0.3, 0.4) is 0 Å². The fraction of sp³-hybridized carbons (Fsp3) is 0.333. The molecule has 1 amide bonds. The highest BCUT2D eigenvalue weighted by atomic mass is 16.4. The highest BCUT2D eigenvalue weighted by Gasteiger charge is 2.30. The van der Waals surface area contributed by atoms with Gasteiger partial charge in [-0.3, -0.25) is 14.2 Å². The molecule has 1 saturated carbocycles. The third kappa shape index (κ3) is 4.64. The summed E-state index contributed by atoms with van der Waals surface area (Å²) in [5, 5.41) is 22.2. The van der Waals surface area contributed by atoms with E-state index in [9.17, 15) is 24.6 Å². The maximum absolute atomic E-state index is 12.7. The Kier molecular flexibility index (Phi) is 6.20. The highest BCUT2D eigenvalue weighted by molar-refractivity contribution is 5.86. The maximum Gasteiger partial charge on any atom is 0.330 e. The van der Waals surface area contributed by atoms with E-state index in [2.05, 4.69) is 10.3 Å². The number of fused-ring (bicyclic) bond motifs is 1. The van der Waals surface area contributed by atoms with Crippen molar-refractivity contribution in [1.82, 2.24) is 14.9 Å². The van der Waals surface area contributed by atoms with Gasteiger partial charge in [0, 0.05) is 12.5 Å². The minimum Gasteiger partial charge on any atom is -0.508 e. The van der Waals surface area contributed by atoms with Crippen LogP contribution in [0.15, 0.2) is 59.7 Å². The number of hydrogen-bond acceptors (Lipinski definition) is 5. The Bertz CT molecular complexity index is 1180. The van der Waals surface area contributed by atoms with E-state index in [0.29, 0.717) is 35.9 Å². The van der Waals surface area contributed by atoms with Gasteiger partial charge in [-0.25, -0.2) is 9.78 Å². The highest BCUT2D eigenvalue weighted by Crippen LogP contribution is 2.30. The van der Waals surface area contributed by atoms with E-state index in [4.69, 9.17) is 0 Å². The fourth-order valence-electron chi connectivity index (χ4n) is 4.34. The van der Waals surface area contributed by atoms with Crippen LogP contribution in [0, 0.1) is 11.8 Å². The number of nitrogens with zero attached hydrogens (tertiary/aromatic N) is 2. The lowest BCUT2D eigenvalue weighted by atomic mass is 9.81. The van der Waals surface area contributed by atoms with E-state index in [1.54, 1.807) is 17.0 Å². The average molecular weight is 435 g/mol. The number of aromatic hydroxyl groups is 1. The smallest absolute Gasteiger partial charge is 0.330 e. The number of amides is 1. The minimum atomic E-state index is -1.16. The topological polar surface area (TPSA) is 122 Å². The van der Waals surface area contributed by atoms with Crippen molar-refractivity contribution in [2.45, 2.75) is 38.3 Å². The number of benzene rings is 2. The molecule has 166 valence electrons. The number of nitrogens with one attached hydrogen (secondary N) is 1. The van der Waals surface area contributed by atoms with Crippen molar-refractivity contribution in [3.8, 4) is 5.75 Å². The molecule has 0 saturated heterocycles. The average Bonchev–Trinajstić information content (AvgIpc) is 2.80. The molecular weight excluding hydrogens is 410 g/mol. The third-order valence-corrected chi connectivity index (χ3v) is 6.16. The number of carbonyl (C=O) groups excluding carboxylic acids is 1. The van der Waals surface area contributed by atoms with Gasteiger partial charge in [0.1, 0.15) is 5.75 Å². The first-order chi connectivity index (χ1) is 15.4. The summed E-state index contributed by atoms with van der Waals surface area (Å²) >= 11 is 0. The van der Waals surface area contributed by atoms with Crippen LogP contribution in [0.25, 0.3) is 10.9 Å². The van der Waals surface area contributed by atoms with Gasteiger partial charge in [0.05, 0.1) is 17.2 Å². The molecule has 0 spiro atoms. The molecule has 1 heterocycles. The normalized spacial score (nSPS) is 19.4. The second-order valence-electron chi connectivity index (χ2n) is 8.31. The molecule has 1 atom stereocenters. The summed E-state index contributed by atoms with van der Waals surface area (Å²) in [5.41, 5.74) is 1.02. The Morgan fingerprint density at radius 2 is 1.75 bits per heavy atom. The van der Waals surface area contributed by atoms with Crippen molar-refractivity contribution < 1.29 is 19.8 Å². The van der Waals surface area contributed by atoms with Gasteiger partial charge >= 0.3 is 5.97 Å². The lowest BCUT2D eigenvalue weighted by Crippen LogP contribution is -2.39. The van der Waals surface area contributed by atoms with Gasteiger partial charge in [0.15, 0.2) is 6.04 Å². The van der Waals surface area contributed by atoms with E-state index in [0.717, 1.165) is 12.8 Å². The minimum absolute atomic E-state index is 0.0308. The molecule has 0 aliphatic heterocycles. The molecular formula is C24H25N3O5. The van der Waals surface area contributed by atoms with Gasteiger partial charge in [-0.05, 0) is 61.4 Å². The summed E-state index contributed by atoms with van der Waals surface area (Å²) in [4.78, 5) is 41.5. The molecule has 3 N–H and O–H groups in total. The summed E-state index contributed by atoms with van der Waals surface area (Å²) in [7, 11) is 0. The molecule has 32 heavy (non-hydrogen) atoms. The lowest BCUT2D eigenvalue weighted by molar-refractivity contribution is -0.143. The Balaban J connectivity index is 1.36. The number of para-hydroxylation sites is 1. The third-order valence-electron chi connectivity index (χ3n) is 6.16. The van der Waals surface area contributed by atoms with Gasteiger partial charge in [-0.2, -0.15) is 0 Å². The molecule has 0 radical (unpaired) electrons. The number of carboxylic acid groups (broad SMARTS) is 1. The fourth-order valence-corrected chi connectivity index (χ4v) is 4.34. The van der Waals surface area contributed by atoms with Gasteiger partial charge in [-0.1, -0.05) is 24.3 Å². The number of phenols is 1. The van der Waals surface area contributed by atoms with Crippen molar-refractivity contribution in [3.63, 3.8) is 0 Å². The Labute approximate surface area is 184 Å². The van der Waals surface area contributed by atoms with Crippen molar-refractivity contribution >= 4 is 22.8 Å². The van der Waals surface area contributed by atoms with Crippen molar-refractivity contribution in [1.29, 1.82) is 0 Å². The quantitative estimate of drug-likeness (QED) is 0.547. The van der Waals surface area contributed by atoms with E-state index in [1.807, 2.05) is 18.2 Å². The summed E-state index contributed by atoms with van der Waals surface area (Å²) in [6.45, 7) is 0.552. The van der Waals surface area contributed by atoms with Crippen molar-refractivity contribution in [2.24, 2.45) is 11.8 Å². The number of phenolic OH excluding ortho intramolecular Hbond substituents is 1. The molecule has 1 aliphatic carbocycles. The molecule has 1 aromatic heterocycles. The number of aromatic nitrogens is 2. The van der Waals surface area contributed by atoms with Gasteiger partial charge < -0.3 is 15.5 Å². The largest absolute Gasteiger partial charge is 0.508 e. The Morgan fingerprint density at radius 3 is 2.44 bits per heavy atom. The van der Waals surface area contributed by atoms with Crippen LogP contribution in [0.2, 0.25) is 0 Å². The predicted molar refractivity (Wildman–Crippen MR) is 118 cm³/mol. The number of hydrogen-bond donors (Lipinski definition) is 3. The zero-order valence-electron chi connectivity index (χ0n) is 17.5. The second kappa shape index (κ2) is 9.21. The molecule has 1 aliphatic rings. The molecule has 8 nitrogen and oxygen atoms in total. The predicted octanol–water partition coefficient (Wildman–Crippen LogP) is 2.85. The second-order valence-corrected chi connectivity index (χ2v) is 8.31. The Morgan fingerprint density at radius 1 is 1.06 bits per heavy atom. The van der Waals surface area contributed by atoms with Gasteiger partial charge in [-0.15, -0.1) is 0 Å². The summed E-state index contributed by atoms with van der Waals surface area (Å²) in [5.74, 6) is -1.42. The van der Waals surface area contributed by atoms with E-state index in [1.165, 1.54) is 24.3 Å². The van der Waals surface area contributed by atoms with E-state index >= 15 is 0 Å². The van der Waals surface area contributed by atoms with Gasteiger partial charge in [0.25, 0.3) is 5.56 Å². The Hall–Kier alpha value is -3.68. The van der Waals surface area contributed by atoms with Crippen LogP contribution in [0.5, 0.6) is 5.75 Å². The van der Waals surface area contributed by atoms with E-state index in [-0.39, 0.29) is 29.1 Å². The molecule has 0 unspecified atom stereocenters. The van der Waals surface area contributed by atoms with Crippen molar-refractivity contribution in [3.05, 3.63) is 70.8 Å². The molecule has 8 heteroatoms. The molecule has 1 fully saturated rings. The summed E-state index contributed by atoms with van der Waals surface area (Å²) < 4.78 is 1.64. The molecule has 4 rings (SSSR count). The van der Waals surface area contributed by atoms with E-state index < -0.39 is 12.0 Å². The number of carboxylic acids is 1. The number of carbonyl (C=O) groups is 2. The van der Waals surface area contributed by atoms with Crippen LogP contribution in [-0.2, 0) is 16.1 Å². The standard InChI is InChI=1S/C24H25N3O5/c28-18-11-9-16(10-12-18)21(24(31)32)26-22(29)17-7-5-15(6-8-17)13-27-14-25-20-4-2-1-3-19(20)23(27)30/h1-4,9-12,14-15,17,21,28H,5-8,13H2,(H,26,29)(H,31,32)/t15?,17?,21-/m1/s1. The first kappa shape index (κ1) is 21.5. The van der Waals surface area contributed by atoms with Crippen LogP contribution in [0.1, 0.15) is 37.3 Å². The van der Waals surface area contributed by atoms with Crippen LogP contribution < -0.4 is 10.9 Å². The molecule has 0 bridgehead atoms. The summed E-state index contributed by atoms with van der Waals surface area (Å²) in [6, 6.07) is 11.9.